The van der Waals surface area contributed by atoms with E-state index in [4.69, 9.17) is 0 Å². The zero-order valence-electron chi connectivity index (χ0n) is 24.4. The summed E-state index contributed by atoms with van der Waals surface area (Å²) in [4.78, 5) is 0. The van der Waals surface area contributed by atoms with E-state index < -0.39 is 0 Å². The molecule has 3 aromatic rings. The van der Waals surface area contributed by atoms with E-state index in [1.165, 1.54) is 63.2 Å². The Bertz CT molecular complexity index is 1080. The summed E-state index contributed by atoms with van der Waals surface area (Å²) in [6.07, 6.45) is 11.0. The van der Waals surface area contributed by atoms with Crippen molar-refractivity contribution in [2.75, 3.05) is 0 Å². The molecule has 5 rings (SSSR count). The van der Waals surface area contributed by atoms with E-state index in [0.717, 1.165) is 12.8 Å². The number of aryl methyl sites for hydroxylation is 1. The molecule has 0 unspecified atom stereocenters. The van der Waals surface area contributed by atoms with Gasteiger partial charge in [-0.1, -0.05) is 83.2 Å². The Balaban J connectivity index is 0. The molecule has 0 saturated heterocycles. The van der Waals surface area contributed by atoms with Gasteiger partial charge in [0.1, 0.15) is 0 Å². The average Bonchev–Trinajstić information content (AvgIpc) is 3.51. The zero-order chi connectivity index (χ0) is 26.1. The van der Waals surface area contributed by atoms with Gasteiger partial charge in [-0.2, -0.15) is 71.3 Å². The van der Waals surface area contributed by atoms with Gasteiger partial charge in [0.15, 0.2) is 0 Å². The fourth-order valence-electron chi connectivity index (χ4n) is 3.80. The first-order valence-corrected chi connectivity index (χ1v) is 14.0. The Morgan fingerprint density at radius 1 is 0.816 bits per heavy atom. The molecular weight excluding hydrogens is 583 g/mol. The van der Waals surface area contributed by atoms with E-state index >= 15 is 0 Å². The molecule has 0 amide bonds. The number of benzene rings is 3. The quantitative estimate of drug-likeness (QED) is 0.170. The maximum Gasteiger partial charge on any atom is -0.358 e. The zero-order valence-corrected chi connectivity index (χ0v) is 28.5. The van der Waals surface area contributed by atoms with Gasteiger partial charge in [0.25, 0.3) is 0 Å². The molecule has 2 aliphatic carbocycles. The van der Waals surface area contributed by atoms with Gasteiger partial charge in [-0.3, -0.25) is 6.08 Å². The van der Waals surface area contributed by atoms with Gasteiger partial charge in [0, 0.05) is 0 Å². The van der Waals surface area contributed by atoms with Crippen LogP contribution in [0.3, 0.4) is 0 Å². The first-order chi connectivity index (χ1) is 16.6. The van der Waals surface area contributed by atoms with Crippen LogP contribution in [0.5, 0.6) is 0 Å². The van der Waals surface area contributed by atoms with Gasteiger partial charge in [0.2, 0.25) is 0 Å². The summed E-state index contributed by atoms with van der Waals surface area (Å²) >= 11 is 1.30. The summed E-state index contributed by atoms with van der Waals surface area (Å²) in [5.74, 6) is 0. The second-order valence-electron chi connectivity index (χ2n) is 10.9. The number of rotatable bonds is 0. The summed E-state index contributed by atoms with van der Waals surface area (Å²) in [5, 5.41) is 0. The molecule has 38 heavy (non-hydrogen) atoms. The number of allylic oxidation sites excluding steroid dienone is 4. The monoisotopic (exact) mass is 624 g/mol. The predicted octanol–water partition coefficient (Wildman–Crippen LogP) is 10.0. The minimum atomic E-state index is 0. The molecular formula is C35H44Cl2Zr-4. The van der Waals surface area contributed by atoms with Gasteiger partial charge in [-0.05, 0) is 17.4 Å². The molecule has 0 radical (unpaired) electrons. The second-order valence-corrected chi connectivity index (χ2v) is 10.9. The van der Waals surface area contributed by atoms with Gasteiger partial charge < -0.3 is 7.43 Å². The molecule has 0 heterocycles. The van der Waals surface area contributed by atoms with Crippen LogP contribution in [0.15, 0.2) is 72.8 Å². The Labute approximate surface area is 261 Å². The third kappa shape index (κ3) is 11.7. The van der Waals surface area contributed by atoms with E-state index in [2.05, 4.69) is 107 Å². The van der Waals surface area contributed by atoms with Crippen molar-refractivity contribution >= 4 is 29.0 Å². The summed E-state index contributed by atoms with van der Waals surface area (Å²) in [6.45, 7) is 15.7. The third-order valence-electron chi connectivity index (χ3n) is 6.00. The Morgan fingerprint density at radius 2 is 1.39 bits per heavy atom. The van der Waals surface area contributed by atoms with Crippen molar-refractivity contribution in [1.29, 1.82) is 0 Å². The van der Waals surface area contributed by atoms with E-state index in [-0.39, 0.29) is 43.1 Å². The van der Waals surface area contributed by atoms with Crippen LogP contribution < -0.4 is 0 Å². The summed E-state index contributed by atoms with van der Waals surface area (Å²) in [7, 11) is 0. The van der Waals surface area contributed by atoms with Crippen molar-refractivity contribution in [1.82, 2.24) is 0 Å². The smallest absolute Gasteiger partial charge is 0.358 e. The topological polar surface area (TPSA) is 0 Å². The molecule has 3 aromatic carbocycles. The predicted molar refractivity (Wildman–Crippen MR) is 171 cm³/mol. The fourth-order valence-corrected chi connectivity index (χ4v) is 3.80. The van der Waals surface area contributed by atoms with E-state index in [1.807, 2.05) is 36.4 Å². The second kappa shape index (κ2) is 17.9. The van der Waals surface area contributed by atoms with Crippen LogP contribution in [-0.2, 0) is 41.5 Å². The maximum atomic E-state index is 3.53. The van der Waals surface area contributed by atoms with Crippen LogP contribution in [0.25, 0.3) is 11.1 Å². The van der Waals surface area contributed by atoms with Crippen molar-refractivity contribution in [2.24, 2.45) is 0 Å². The third-order valence-corrected chi connectivity index (χ3v) is 6.00. The van der Waals surface area contributed by atoms with Crippen molar-refractivity contribution in [3.05, 3.63) is 126 Å². The summed E-state index contributed by atoms with van der Waals surface area (Å²) in [5.41, 5.74) is 10.1. The molecule has 0 aromatic heterocycles. The molecule has 206 valence electrons. The molecule has 2 aliphatic rings. The van der Waals surface area contributed by atoms with Crippen LogP contribution in [-0.4, -0.2) is 4.21 Å². The number of hydrogen-bond acceptors (Lipinski definition) is 0. The minimum Gasteiger partial charge on any atom is -0.358 e. The van der Waals surface area contributed by atoms with Crippen molar-refractivity contribution in [3.63, 3.8) is 0 Å². The number of fused-ring (bicyclic) bond motifs is 3. The van der Waals surface area contributed by atoms with Crippen LogP contribution >= 0.6 is 24.8 Å². The summed E-state index contributed by atoms with van der Waals surface area (Å²) in [6, 6.07) is 25.9. The number of hydrogen-bond donors (Lipinski definition) is 0. The fraction of sp³-hybridized carbons (Fsp3) is 0.314. The van der Waals surface area contributed by atoms with Gasteiger partial charge in [-0.25, -0.2) is 12.2 Å². The summed E-state index contributed by atoms with van der Waals surface area (Å²) < 4.78 is 3.34. The molecule has 0 saturated carbocycles. The molecule has 0 spiro atoms. The molecule has 0 nitrogen and oxygen atoms in total. The molecule has 0 fully saturated rings. The van der Waals surface area contributed by atoms with Crippen LogP contribution in [0.4, 0.5) is 0 Å². The molecule has 3 heteroatoms. The van der Waals surface area contributed by atoms with E-state index in [1.54, 1.807) is 0 Å². The average molecular weight is 627 g/mol. The largest absolute Gasteiger partial charge is 0.358 e. The van der Waals surface area contributed by atoms with Crippen molar-refractivity contribution < 1.29 is 24.2 Å². The normalized spacial score (nSPS) is 11.7. The Kier molecular flexibility index (Phi) is 18.2. The standard InChI is InChI=1S/C21H25.C7H7.C5H5.CH3.CH2.2ClH.Zr/c1-20(2,3)16-9-7-14-11-15-8-10-17(21(4,5)6)13-19(15)18(14)12-16;1-7-5-3-2-4-6-7;1-2-4-5-3-1;;;;;/h7,9-10,12-13H,11H2,1-6H3;3-6H,1H3;1-3H,4H2;1H3;1H2;2*1H;/q4*-1;;;;. The van der Waals surface area contributed by atoms with Crippen LogP contribution in [0.1, 0.15) is 75.8 Å². The van der Waals surface area contributed by atoms with Crippen molar-refractivity contribution in [2.45, 2.75) is 72.1 Å². The Hall–Kier alpha value is -1.53. The molecule has 0 aliphatic heterocycles. The minimum absolute atomic E-state index is 0. The maximum absolute atomic E-state index is 3.53. The van der Waals surface area contributed by atoms with E-state index in [9.17, 15) is 0 Å². The van der Waals surface area contributed by atoms with Gasteiger partial charge in [-0.15, -0.1) is 36.8 Å². The van der Waals surface area contributed by atoms with Gasteiger partial charge >= 0.3 is 28.4 Å². The SMILES string of the molecule is CC(C)(C)c1c[c-]c2c(c1)-c1cc(C(C)(C)C)ccc1C2.Cc1cc[c-]cc1.Cl.Cl.[C-]1=CC=CC1.[CH2]=[Zr].[CH3-]. The van der Waals surface area contributed by atoms with E-state index in [0.29, 0.717) is 0 Å². The molecule has 0 atom stereocenters. The van der Waals surface area contributed by atoms with Gasteiger partial charge in [0.05, 0.1) is 0 Å². The molecule has 0 N–H and O–H groups in total. The van der Waals surface area contributed by atoms with Crippen molar-refractivity contribution in [3.8, 4) is 11.1 Å². The van der Waals surface area contributed by atoms with Crippen LogP contribution in [0.2, 0.25) is 0 Å². The van der Waals surface area contributed by atoms with Crippen LogP contribution in [0, 0.1) is 32.6 Å². The first kappa shape index (κ1) is 38.6. The Morgan fingerprint density at radius 3 is 1.82 bits per heavy atom. The first-order valence-electron chi connectivity index (χ1n) is 12.2. The molecule has 0 bridgehead atoms. The number of halogens is 2.